The Morgan fingerprint density at radius 2 is 2.07 bits per heavy atom. The van der Waals surface area contributed by atoms with Gasteiger partial charge in [-0.2, -0.15) is 4.98 Å². The fraction of sp³-hybridized carbons (Fsp3) is 0.333. The minimum Gasteiger partial charge on any atom is -0.365 e. The first kappa shape index (κ1) is 18.2. The second kappa shape index (κ2) is 8.21. The Hall–Kier alpha value is -3.22. The van der Waals surface area contributed by atoms with Crippen molar-refractivity contribution in [1.82, 2.24) is 15.1 Å². The fourth-order valence-electron chi connectivity index (χ4n) is 3.50. The van der Waals surface area contributed by atoms with Crippen molar-refractivity contribution in [3.63, 3.8) is 0 Å². The van der Waals surface area contributed by atoms with E-state index in [1.165, 1.54) is 0 Å². The van der Waals surface area contributed by atoms with Crippen molar-refractivity contribution >= 4 is 17.4 Å². The van der Waals surface area contributed by atoms with Gasteiger partial charge in [0.1, 0.15) is 5.82 Å². The van der Waals surface area contributed by atoms with Crippen LogP contribution in [-0.4, -0.2) is 21.0 Å². The van der Waals surface area contributed by atoms with Crippen LogP contribution in [0.4, 0.5) is 11.5 Å². The number of rotatable bonds is 6. The number of benzene rings is 1. The third kappa shape index (κ3) is 4.19. The molecule has 0 spiro atoms. The number of pyridine rings is 1. The maximum Gasteiger partial charge on any atom is 0.261 e. The molecule has 0 saturated heterocycles. The summed E-state index contributed by atoms with van der Waals surface area (Å²) in [6.07, 6.45) is 5.99. The first-order valence-corrected chi connectivity index (χ1v) is 9.58. The molecule has 0 aliphatic heterocycles. The van der Waals surface area contributed by atoms with Gasteiger partial charge < -0.3 is 15.2 Å². The van der Waals surface area contributed by atoms with E-state index in [-0.39, 0.29) is 11.8 Å². The molecule has 1 aliphatic carbocycles. The summed E-state index contributed by atoms with van der Waals surface area (Å²) in [7, 11) is 0. The Labute approximate surface area is 163 Å². The molecule has 0 atom stereocenters. The van der Waals surface area contributed by atoms with Gasteiger partial charge in [0, 0.05) is 24.3 Å². The molecule has 28 heavy (non-hydrogen) atoms. The van der Waals surface area contributed by atoms with Gasteiger partial charge in [0.2, 0.25) is 5.91 Å². The molecular weight excluding hydrogens is 354 g/mol. The minimum atomic E-state index is 0.126. The van der Waals surface area contributed by atoms with Gasteiger partial charge in [0.15, 0.2) is 5.82 Å². The third-order valence-corrected chi connectivity index (χ3v) is 4.95. The number of nitrogens with zero attached hydrogens (tertiary/aromatic N) is 3. The van der Waals surface area contributed by atoms with Gasteiger partial charge >= 0.3 is 0 Å². The SMILES string of the molecule is Cc1noc(-c2cccnc2NCc2cccc(NC(=O)C3CCCC3)c2)n1. The number of hydrogen-bond acceptors (Lipinski definition) is 6. The topological polar surface area (TPSA) is 92.9 Å². The van der Waals surface area contributed by atoms with Crippen LogP contribution in [0.1, 0.15) is 37.1 Å². The van der Waals surface area contributed by atoms with E-state index in [1.54, 1.807) is 13.1 Å². The number of anilines is 2. The molecule has 1 aromatic carbocycles. The van der Waals surface area contributed by atoms with Crippen molar-refractivity contribution in [3.8, 4) is 11.5 Å². The first-order valence-electron chi connectivity index (χ1n) is 9.58. The molecule has 1 fully saturated rings. The maximum atomic E-state index is 12.3. The zero-order valence-corrected chi connectivity index (χ0v) is 15.8. The van der Waals surface area contributed by atoms with Gasteiger partial charge in [-0.3, -0.25) is 4.79 Å². The largest absolute Gasteiger partial charge is 0.365 e. The van der Waals surface area contributed by atoms with Crippen molar-refractivity contribution < 1.29 is 9.32 Å². The zero-order chi connectivity index (χ0) is 19.3. The van der Waals surface area contributed by atoms with E-state index in [2.05, 4.69) is 25.8 Å². The lowest BCUT2D eigenvalue weighted by Crippen LogP contribution is -2.20. The maximum absolute atomic E-state index is 12.3. The van der Waals surface area contributed by atoms with E-state index in [1.807, 2.05) is 36.4 Å². The van der Waals surface area contributed by atoms with Gasteiger partial charge in [-0.1, -0.05) is 30.1 Å². The van der Waals surface area contributed by atoms with Gasteiger partial charge in [0.25, 0.3) is 5.89 Å². The molecule has 1 aliphatic rings. The van der Waals surface area contributed by atoms with Gasteiger partial charge in [0.05, 0.1) is 5.56 Å². The minimum absolute atomic E-state index is 0.126. The summed E-state index contributed by atoms with van der Waals surface area (Å²) in [5, 5.41) is 10.2. The fourth-order valence-corrected chi connectivity index (χ4v) is 3.50. The summed E-state index contributed by atoms with van der Waals surface area (Å²) in [5.41, 5.74) is 2.63. The molecule has 2 aromatic heterocycles. The van der Waals surface area contributed by atoms with Crippen LogP contribution in [0, 0.1) is 12.8 Å². The number of nitrogens with one attached hydrogen (secondary N) is 2. The van der Waals surface area contributed by atoms with Crippen molar-refractivity contribution in [3.05, 3.63) is 54.0 Å². The highest BCUT2D eigenvalue weighted by Gasteiger charge is 2.22. The predicted molar refractivity (Wildman–Crippen MR) is 107 cm³/mol. The van der Waals surface area contributed by atoms with Gasteiger partial charge in [-0.25, -0.2) is 4.98 Å². The number of aryl methyl sites for hydroxylation is 1. The smallest absolute Gasteiger partial charge is 0.261 e. The molecule has 7 heteroatoms. The summed E-state index contributed by atoms with van der Waals surface area (Å²) in [4.78, 5) is 21.0. The number of amides is 1. The Morgan fingerprint density at radius 1 is 1.21 bits per heavy atom. The summed E-state index contributed by atoms with van der Waals surface area (Å²) < 4.78 is 5.27. The Balaban J connectivity index is 1.44. The van der Waals surface area contributed by atoms with Crippen LogP contribution in [0.2, 0.25) is 0 Å². The molecule has 1 saturated carbocycles. The molecule has 2 N–H and O–H groups in total. The highest BCUT2D eigenvalue weighted by Crippen LogP contribution is 2.27. The third-order valence-electron chi connectivity index (χ3n) is 4.95. The molecule has 7 nitrogen and oxygen atoms in total. The summed E-state index contributed by atoms with van der Waals surface area (Å²) in [6, 6.07) is 11.6. The van der Waals surface area contributed by atoms with Crippen LogP contribution < -0.4 is 10.6 Å². The molecule has 3 aromatic rings. The lowest BCUT2D eigenvalue weighted by molar-refractivity contribution is -0.119. The molecule has 0 bridgehead atoms. The monoisotopic (exact) mass is 377 g/mol. The van der Waals surface area contributed by atoms with E-state index in [0.29, 0.717) is 24.1 Å². The Kier molecular flexibility index (Phi) is 5.32. The first-order chi connectivity index (χ1) is 13.7. The average molecular weight is 377 g/mol. The Bertz CT molecular complexity index is 963. The molecule has 4 rings (SSSR count). The molecule has 144 valence electrons. The van der Waals surface area contributed by atoms with Crippen LogP contribution in [0.25, 0.3) is 11.5 Å². The van der Waals surface area contributed by atoms with Crippen LogP contribution in [0.5, 0.6) is 0 Å². The van der Waals surface area contributed by atoms with E-state index in [9.17, 15) is 4.79 Å². The van der Waals surface area contributed by atoms with Crippen LogP contribution in [0.3, 0.4) is 0 Å². The molecule has 0 unspecified atom stereocenters. The summed E-state index contributed by atoms with van der Waals surface area (Å²) >= 11 is 0. The highest BCUT2D eigenvalue weighted by atomic mass is 16.5. The van der Waals surface area contributed by atoms with Crippen LogP contribution in [0.15, 0.2) is 47.1 Å². The highest BCUT2D eigenvalue weighted by molar-refractivity contribution is 5.92. The number of carbonyl (C=O) groups excluding carboxylic acids is 1. The summed E-state index contributed by atoms with van der Waals surface area (Å²) in [6.45, 7) is 2.34. The normalized spacial score (nSPS) is 14.2. The van der Waals surface area contributed by atoms with E-state index in [4.69, 9.17) is 4.52 Å². The quantitative estimate of drug-likeness (QED) is 0.669. The number of aromatic nitrogens is 3. The second-order valence-corrected chi connectivity index (χ2v) is 7.07. The molecular formula is C21H23N5O2. The van der Waals surface area contributed by atoms with E-state index >= 15 is 0 Å². The Morgan fingerprint density at radius 3 is 2.86 bits per heavy atom. The summed E-state index contributed by atoms with van der Waals surface area (Å²) in [5.74, 6) is 1.96. The number of hydrogen-bond donors (Lipinski definition) is 2. The standard InChI is InChI=1S/C21H23N5O2/c1-14-24-21(28-26-14)18-10-5-11-22-19(18)23-13-15-6-4-9-17(12-15)25-20(27)16-7-2-3-8-16/h4-6,9-12,16H,2-3,7-8,13H2,1H3,(H,22,23)(H,25,27). The lowest BCUT2D eigenvalue weighted by Gasteiger charge is -2.12. The van der Waals surface area contributed by atoms with Crippen LogP contribution >= 0.6 is 0 Å². The lowest BCUT2D eigenvalue weighted by atomic mass is 10.1. The molecule has 2 heterocycles. The molecule has 0 radical (unpaired) electrons. The van der Waals surface area contributed by atoms with Crippen molar-refractivity contribution in [1.29, 1.82) is 0 Å². The van der Waals surface area contributed by atoms with E-state index in [0.717, 1.165) is 42.5 Å². The van der Waals surface area contributed by atoms with Gasteiger partial charge in [-0.05, 0) is 49.6 Å². The zero-order valence-electron chi connectivity index (χ0n) is 15.8. The van der Waals surface area contributed by atoms with Crippen molar-refractivity contribution in [2.45, 2.75) is 39.2 Å². The van der Waals surface area contributed by atoms with Crippen LogP contribution in [-0.2, 0) is 11.3 Å². The number of carbonyl (C=O) groups is 1. The van der Waals surface area contributed by atoms with Crippen molar-refractivity contribution in [2.75, 3.05) is 10.6 Å². The van der Waals surface area contributed by atoms with Gasteiger partial charge in [-0.15, -0.1) is 0 Å². The van der Waals surface area contributed by atoms with E-state index < -0.39 is 0 Å². The molecule has 1 amide bonds. The average Bonchev–Trinajstić information content (AvgIpc) is 3.39. The van der Waals surface area contributed by atoms with Crippen molar-refractivity contribution in [2.24, 2.45) is 5.92 Å². The second-order valence-electron chi connectivity index (χ2n) is 7.07. The predicted octanol–water partition coefficient (Wildman–Crippen LogP) is 4.18.